The van der Waals surface area contributed by atoms with Crippen LogP contribution in [0.2, 0.25) is 0 Å². The van der Waals surface area contributed by atoms with Crippen molar-refractivity contribution >= 4 is 23.4 Å². The first-order valence-electron chi connectivity index (χ1n) is 16.8. The van der Waals surface area contributed by atoms with Crippen molar-refractivity contribution in [1.29, 1.82) is 0 Å². The summed E-state index contributed by atoms with van der Waals surface area (Å²) in [5, 5.41) is 42.0. The van der Waals surface area contributed by atoms with E-state index in [9.17, 15) is 40.5 Å². The summed E-state index contributed by atoms with van der Waals surface area (Å²) in [6.07, 6.45) is 6.73. The van der Waals surface area contributed by atoms with Crippen LogP contribution in [0.4, 0.5) is 17.2 Å². The number of nitro groups is 4. The molecule has 15 heteroatoms. The third kappa shape index (κ3) is 16.0. The Morgan fingerprint density at radius 3 is 1.56 bits per heavy atom. The first-order valence-corrected chi connectivity index (χ1v) is 16.8. The standard InChI is InChI=1S/2C10H13NO2.C9H14N4O2.C9H13NO2.CH4/c1-10(2,3)8-4-6-9(7-5-8)11(12)13;1-10(2,3)8-6-4-5-7-9(8)11(12)13;1-9(2,3)11-5-7-10-6-8(12(7)4)13(14)15;1-9(2,3)7-4-5-8(6-7)10(11)12;/h2*4-7H,1-3H3;5-6H,1-4H3;4-5H,6H2,1-3H3;1H4. The number of allylic oxidation sites excluding steroid dienone is 3. The Kier molecular flexibility index (Phi) is 17.4. The summed E-state index contributed by atoms with van der Waals surface area (Å²) in [7, 11) is 1.59. The molecule has 0 amide bonds. The number of nitro benzene ring substituents is 2. The molecule has 0 saturated heterocycles. The molecule has 3 aromatic rings. The lowest BCUT2D eigenvalue weighted by atomic mass is 9.86. The van der Waals surface area contributed by atoms with Crippen LogP contribution in [0.25, 0.3) is 0 Å². The highest BCUT2D eigenvalue weighted by molar-refractivity contribution is 5.75. The molecule has 1 aromatic heterocycles. The number of non-ortho nitro benzene ring substituents is 1. The summed E-state index contributed by atoms with van der Waals surface area (Å²) in [4.78, 5) is 48.6. The van der Waals surface area contributed by atoms with Gasteiger partial charge in [-0.05, 0) is 47.5 Å². The zero-order valence-electron chi connectivity index (χ0n) is 33.0. The number of hydrogen-bond acceptors (Lipinski definition) is 10. The van der Waals surface area contributed by atoms with E-state index >= 15 is 0 Å². The van der Waals surface area contributed by atoms with Crippen molar-refractivity contribution in [2.24, 2.45) is 17.5 Å². The monoisotopic (exact) mass is 751 g/mol. The van der Waals surface area contributed by atoms with Gasteiger partial charge in [0.15, 0.2) is 0 Å². The van der Waals surface area contributed by atoms with Gasteiger partial charge in [0.05, 0.1) is 40.0 Å². The van der Waals surface area contributed by atoms with E-state index in [-0.39, 0.29) is 61.2 Å². The van der Waals surface area contributed by atoms with Gasteiger partial charge in [-0.1, -0.05) is 112 Å². The normalized spacial score (nSPS) is 12.7. The van der Waals surface area contributed by atoms with Gasteiger partial charge >= 0.3 is 5.82 Å². The Morgan fingerprint density at radius 2 is 1.22 bits per heavy atom. The third-order valence-electron chi connectivity index (χ3n) is 7.65. The summed E-state index contributed by atoms with van der Waals surface area (Å²) in [6, 6.07) is 13.6. The van der Waals surface area contributed by atoms with E-state index in [1.807, 2.05) is 53.7 Å². The molecule has 4 rings (SSSR count). The number of rotatable bonds is 5. The first kappa shape index (κ1) is 48.4. The van der Waals surface area contributed by atoms with Gasteiger partial charge in [-0.2, -0.15) is 0 Å². The first-order chi connectivity index (χ1) is 24.1. The summed E-state index contributed by atoms with van der Waals surface area (Å²) < 4.78 is 1.40. The van der Waals surface area contributed by atoms with E-state index in [4.69, 9.17) is 0 Å². The van der Waals surface area contributed by atoms with E-state index < -0.39 is 4.92 Å². The van der Waals surface area contributed by atoms with Gasteiger partial charge in [0.1, 0.15) is 6.20 Å². The zero-order valence-corrected chi connectivity index (χ0v) is 33.0. The van der Waals surface area contributed by atoms with Crippen LogP contribution in [0, 0.1) is 45.9 Å². The van der Waals surface area contributed by atoms with Gasteiger partial charge in [-0.3, -0.25) is 35.3 Å². The molecule has 0 fully saturated rings. The number of aliphatic imine (C=N–C) groups is 1. The second kappa shape index (κ2) is 19.5. The smallest absolute Gasteiger partial charge is 0.342 e. The molecule has 0 atom stereocenters. The molecule has 0 spiro atoms. The maximum atomic E-state index is 10.7. The Balaban J connectivity index is 0.000000691. The molecule has 1 aliphatic rings. The van der Waals surface area contributed by atoms with Crippen LogP contribution >= 0.6 is 0 Å². The Morgan fingerprint density at radius 1 is 0.685 bits per heavy atom. The summed E-state index contributed by atoms with van der Waals surface area (Å²) in [5.74, 6) is 0.446. The minimum absolute atomic E-state index is 0. The van der Waals surface area contributed by atoms with Gasteiger partial charge < -0.3 is 10.1 Å². The van der Waals surface area contributed by atoms with Crippen molar-refractivity contribution in [3.05, 3.63) is 136 Å². The third-order valence-corrected chi connectivity index (χ3v) is 7.65. The fourth-order valence-electron chi connectivity index (χ4n) is 4.46. The molecule has 0 saturated carbocycles. The van der Waals surface area contributed by atoms with E-state index in [2.05, 4.69) is 51.5 Å². The fraction of sp³-hybridized carbons (Fsp3) is 0.487. The average Bonchev–Trinajstić information content (AvgIpc) is 3.68. The van der Waals surface area contributed by atoms with Crippen molar-refractivity contribution in [3.63, 3.8) is 0 Å². The number of para-hydroxylation sites is 1. The van der Waals surface area contributed by atoms with Crippen LogP contribution in [-0.2, 0) is 17.9 Å². The molecule has 1 aliphatic carbocycles. The van der Waals surface area contributed by atoms with E-state index in [0.29, 0.717) is 17.9 Å². The zero-order chi connectivity index (χ0) is 41.1. The van der Waals surface area contributed by atoms with Gasteiger partial charge in [0.25, 0.3) is 11.4 Å². The van der Waals surface area contributed by atoms with Gasteiger partial charge in [-0.25, -0.2) is 9.55 Å². The lowest BCUT2D eigenvalue weighted by molar-refractivity contribution is -0.426. The Hall–Kier alpha value is -5.60. The van der Waals surface area contributed by atoms with Crippen molar-refractivity contribution in [1.82, 2.24) is 9.55 Å². The molecule has 54 heavy (non-hydrogen) atoms. The van der Waals surface area contributed by atoms with Crippen LogP contribution in [-0.4, -0.2) is 41.0 Å². The van der Waals surface area contributed by atoms with Crippen LogP contribution in [0.3, 0.4) is 0 Å². The molecule has 0 bridgehead atoms. The maximum absolute atomic E-state index is 10.7. The Labute approximate surface area is 318 Å². The van der Waals surface area contributed by atoms with E-state index in [1.54, 1.807) is 61.8 Å². The van der Waals surface area contributed by atoms with Crippen LogP contribution in [0.1, 0.15) is 114 Å². The molecule has 0 N–H and O–H groups in total. The highest BCUT2D eigenvalue weighted by atomic mass is 16.6. The largest absolute Gasteiger partial charge is 0.358 e. The molecule has 0 aliphatic heterocycles. The average molecular weight is 752 g/mol. The van der Waals surface area contributed by atoms with Gasteiger partial charge in [0, 0.05) is 29.8 Å². The van der Waals surface area contributed by atoms with Crippen molar-refractivity contribution in [2.75, 3.05) is 0 Å². The highest BCUT2D eigenvalue weighted by Crippen LogP contribution is 2.34. The highest BCUT2D eigenvalue weighted by Gasteiger charge is 2.26. The summed E-state index contributed by atoms with van der Waals surface area (Å²) in [6.45, 7) is 24.2. The van der Waals surface area contributed by atoms with Crippen molar-refractivity contribution in [2.45, 2.75) is 113 Å². The molecule has 0 radical (unpaired) electrons. The fourth-order valence-corrected chi connectivity index (χ4v) is 4.46. The lowest BCUT2D eigenvalue weighted by Gasteiger charge is -2.19. The van der Waals surface area contributed by atoms with Gasteiger partial charge in [0.2, 0.25) is 11.5 Å². The SMILES string of the molecule is C.CC(C)(C)C1=CC=C([N+](=O)[O-])C1.CC(C)(C)c1ccc([N+](=O)[O-])cc1.CC(C)(C)c1ccccc1[N+](=O)[O-].Cn1c([N+](=O)[O-])cnc1C=NC(C)(C)C. The maximum Gasteiger partial charge on any atom is 0.342 e. The number of benzene rings is 2. The molecular formula is C39H57N7O8. The van der Waals surface area contributed by atoms with E-state index in [0.717, 1.165) is 16.7 Å². The molecule has 0 unspecified atom stereocenters. The number of nitrogens with zero attached hydrogens (tertiary/aromatic N) is 7. The summed E-state index contributed by atoms with van der Waals surface area (Å²) >= 11 is 0. The lowest BCUT2D eigenvalue weighted by Crippen LogP contribution is -2.13. The summed E-state index contributed by atoms with van der Waals surface area (Å²) in [5.41, 5.74) is 3.39. The van der Waals surface area contributed by atoms with Crippen molar-refractivity contribution < 1.29 is 19.7 Å². The predicted octanol–water partition coefficient (Wildman–Crippen LogP) is 10.5. The van der Waals surface area contributed by atoms with Crippen molar-refractivity contribution in [3.8, 4) is 0 Å². The van der Waals surface area contributed by atoms with Gasteiger partial charge in [-0.15, -0.1) is 0 Å². The topological polar surface area (TPSA) is 203 Å². The molecule has 15 nitrogen and oxygen atoms in total. The molecule has 296 valence electrons. The number of hydrogen-bond donors (Lipinski definition) is 0. The van der Waals surface area contributed by atoms with Crippen LogP contribution in [0.5, 0.6) is 0 Å². The minimum atomic E-state index is -0.471. The second-order valence-corrected chi connectivity index (χ2v) is 16.3. The molecular weight excluding hydrogens is 694 g/mol. The Bertz CT molecular complexity index is 1850. The van der Waals surface area contributed by atoms with Crippen LogP contribution in [0.15, 0.2) is 83.1 Å². The number of aromatic nitrogens is 2. The van der Waals surface area contributed by atoms with E-state index in [1.165, 1.54) is 10.8 Å². The molecule has 2 aromatic carbocycles. The minimum Gasteiger partial charge on any atom is -0.358 e. The molecule has 1 heterocycles. The number of imidazole rings is 1. The quantitative estimate of drug-likeness (QED) is 0.138. The predicted molar refractivity (Wildman–Crippen MR) is 215 cm³/mol. The van der Waals surface area contributed by atoms with Crippen LogP contribution < -0.4 is 0 Å². The second-order valence-electron chi connectivity index (χ2n) is 16.3.